The predicted octanol–water partition coefficient (Wildman–Crippen LogP) is 2.39. The van der Waals surface area contributed by atoms with Crippen molar-refractivity contribution in [1.82, 2.24) is 4.31 Å². The summed E-state index contributed by atoms with van der Waals surface area (Å²) in [6, 6.07) is 0. The minimum Gasteiger partial charge on any atom is -0.299 e. The van der Waals surface area contributed by atoms with Gasteiger partial charge in [0.25, 0.3) is 0 Å². The van der Waals surface area contributed by atoms with E-state index in [0.717, 1.165) is 6.42 Å². The van der Waals surface area contributed by atoms with Gasteiger partial charge in [-0.25, -0.2) is 8.42 Å². The van der Waals surface area contributed by atoms with E-state index in [4.69, 9.17) is 0 Å². The molecular formula is C16H25NO3S. The van der Waals surface area contributed by atoms with Gasteiger partial charge in [0.1, 0.15) is 5.78 Å². The summed E-state index contributed by atoms with van der Waals surface area (Å²) in [4.78, 5) is 12.5. The third-order valence-corrected chi connectivity index (χ3v) is 7.57. The summed E-state index contributed by atoms with van der Waals surface area (Å²) in [5, 5.41) is 0. The zero-order chi connectivity index (χ0) is 15.9. The van der Waals surface area contributed by atoms with Crippen LogP contribution in [0.25, 0.3) is 0 Å². The molecule has 2 saturated carbocycles. The number of rotatable bonds is 7. The summed E-state index contributed by atoms with van der Waals surface area (Å²) in [6.45, 7) is 11.8. The van der Waals surface area contributed by atoms with Crippen LogP contribution in [0.1, 0.15) is 33.1 Å². The quantitative estimate of drug-likeness (QED) is 0.678. The Kier molecular flexibility index (Phi) is 4.19. The molecule has 0 aromatic rings. The van der Waals surface area contributed by atoms with E-state index in [0.29, 0.717) is 18.8 Å². The third kappa shape index (κ3) is 2.40. The first kappa shape index (κ1) is 16.4. The average molecular weight is 311 g/mol. The minimum atomic E-state index is -3.51. The van der Waals surface area contributed by atoms with Gasteiger partial charge in [0.2, 0.25) is 10.0 Å². The Morgan fingerprint density at radius 1 is 1.29 bits per heavy atom. The van der Waals surface area contributed by atoms with Gasteiger partial charge in [-0.2, -0.15) is 4.31 Å². The molecular weight excluding hydrogens is 286 g/mol. The molecule has 0 radical (unpaired) electrons. The van der Waals surface area contributed by atoms with E-state index in [1.54, 1.807) is 12.2 Å². The van der Waals surface area contributed by atoms with Gasteiger partial charge in [0, 0.05) is 24.9 Å². The van der Waals surface area contributed by atoms with Gasteiger partial charge < -0.3 is 0 Å². The molecule has 2 fully saturated rings. The highest BCUT2D eigenvalue weighted by atomic mass is 32.2. The van der Waals surface area contributed by atoms with Crippen LogP contribution >= 0.6 is 0 Å². The zero-order valence-corrected chi connectivity index (χ0v) is 13.8. The molecule has 2 atom stereocenters. The Bertz CT molecular complexity index is 554. The Morgan fingerprint density at radius 3 is 2.24 bits per heavy atom. The molecule has 4 nitrogen and oxygen atoms in total. The topological polar surface area (TPSA) is 54.5 Å². The van der Waals surface area contributed by atoms with E-state index in [2.05, 4.69) is 27.0 Å². The van der Waals surface area contributed by atoms with Crippen LogP contribution in [0.3, 0.4) is 0 Å². The van der Waals surface area contributed by atoms with E-state index in [1.165, 1.54) is 4.31 Å². The normalized spacial score (nSPS) is 30.8. The van der Waals surface area contributed by atoms with Crippen LogP contribution in [-0.2, 0) is 14.8 Å². The van der Waals surface area contributed by atoms with Gasteiger partial charge in [-0.05, 0) is 24.2 Å². The van der Waals surface area contributed by atoms with Gasteiger partial charge in [-0.15, -0.1) is 13.2 Å². The maximum atomic E-state index is 12.8. The summed E-state index contributed by atoms with van der Waals surface area (Å²) >= 11 is 0. The molecule has 0 saturated heterocycles. The van der Waals surface area contributed by atoms with Crippen molar-refractivity contribution in [3.63, 3.8) is 0 Å². The second-order valence-electron chi connectivity index (χ2n) is 6.82. The zero-order valence-electron chi connectivity index (χ0n) is 13.0. The van der Waals surface area contributed by atoms with Gasteiger partial charge in [0.05, 0.1) is 5.75 Å². The second-order valence-corrected chi connectivity index (χ2v) is 8.79. The van der Waals surface area contributed by atoms with Crippen molar-refractivity contribution in [3.05, 3.63) is 25.3 Å². The number of carbonyl (C=O) groups excluding carboxylic acids is 1. The van der Waals surface area contributed by atoms with Crippen molar-refractivity contribution in [2.24, 2.45) is 16.7 Å². The van der Waals surface area contributed by atoms with Gasteiger partial charge in [0.15, 0.2) is 0 Å². The Balaban J connectivity index is 2.32. The average Bonchev–Trinajstić information content (AvgIpc) is 2.72. The lowest BCUT2D eigenvalue weighted by Crippen LogP contribution is -2.46. The molecule has 0 aromatic heterocycles. The Morgan fingerprint density at radius 2 is 1.86 bits per heavy atom. The molecule has 2 rings (SSSR count). The summed E-state index contributed by atoms with van der Waals surface area (Å²) in [7, 11) is -3.51. The summed E-state index contributed by atoms with van der Waals surface area (Å²) in [5.74, 6) is 0.376. The fraction of sp³-hybridized carbons (Fsp3) is 0.688. The van der Waals surface area contributed by atoms with E-state index < -0.39 is 15.4 Å². The SMILES string of the molecule is C=CCN(CC=C)S(=O)(=O)C[C@]12CC[C@H](CC1=O)C2(C)C. The van der Waals surface area contributed by atoms with E-state index in [1.807, 2.05) is 0 Å². The number of hydrogen-bond acceptors (Lipinski definition) is 3. The van der Waals surface area contributed by atoms with Crippen molar-refractivity contribution in [3.8, 4) is 0 Å². The molecule has 2 aliphatic carbocycles. The molecule has 0 aliphatic heterocycles. The Hall–Kier alpha value is -0.940. The summed E-state index contributed by atoms with van der Waals surface area (Å²) in [5.41, 5.74) is -0.942. The number of nitrogens with zero attached hydrogens (tertiary/aromatic N) is 1. The first-order chi connectivity index (χ1) is 9.71. The fourth-order valence-electron chi connectivity index (χ4n) is 4.10. The molecule has 0 aromatic carbocycles. The van der Waals surface area contributed by atoms with Crippen molar-refractivity contribution < 1.29 is 13.2 Å². The molecule has 0 heterocycles. The molecule has 118 valence electrons. The lowest BCUT2D eigenvalue weighted by atomic mass is 9.70. The summed E-state index contributed by atoms with van der Waals surface area (Å²) in [6.07, 6.45) is 5.32. The monoisotopic (exact) mass is 311 g/mol. The maximum absolute atomic E-state index is 12.8. The number of fused-ring (bicyclic) bond motifs is 2. The second kappa shape index (κ2) is 5.36. The van der Waals surface area contributed by atoms with Crippen LogP contribution in [0.2, 0.25) is 0 Å². The third-order valence-electron chi connectivity index (χ3n) is 5.63. The number of Topliss-reactive ketones (excluding diaryl/α,β-unsaturated/α-hetero) is 1. The van der Waals surface area contributed by atoms with Gasteiger partial charge in [-0.1, -0.05) is 26.0 Å². The summed E-state index contributed by atoms with van der Waals surface area (Å²) < 4.78 is 26.9. The first-order valence-electron chi connectivity index (χ1n) is 7.44. The largest absolute Gasteiger partial charge is 0.299 e. The molecule has 0 amide bonds. The molecule has 5 heteroatoms. The highest BCUT2D eigenvalue weighted by Crippen LogP contribution is 2.64. The number of sulfonamides is 1. The van der Waals surface area contributed by atoms with E-state index in [-0.39, 0.29) is 30.0 Å². The van der Waals surface area contributed by atoms with Crippen LogP contribution in [0.15, 0.2) is 25.3 Å². The number of ketones is 1. The fourth-order valence-corrected chi connectivity index (χ4v) is 6.25. The van der Waals surface area contributed by atoms with Crippen LogP contribution in [0.5, 0.6) is 0 Å². The lowest BCUT2D eigenvalue weighted by Gasteiger charge is -2.37. The molecule has 0 spiro atoms. The highest BCUT2D eigenvalue weighted by Gasteiger charge is 2.65. The molecule has 0 N–H and O–H groups in total. The van der Waals surface area contributed by atoms with Crippen molar-refractivity contribution in [1.29, 1.82) is 0 Å². The molecule has 0 unspecified atom stereocenters. The van der Waals surface area contributed by atoms with Gasteiger partial charge >= 0.3 is 0 Å². The molecule has 21 heavy (non-hydrogen) atoms. The minimum absolute atomic E-state index is 0.0794. The first-order valence-corrected chi connectivity index (χ1v) is 9.05. The van der Waals surface area contributed by atoms with Crippen molar-refractivity contribution in [2.75, 3.05) is 18.8 Å². The molecule has 2 bridgehead atoms. The number of hydrogen-bond donors (Lipinski definition) is 0. The van der Waals surface area contributed by atoms with E-state index in [9.17, 15) is 13.2 Å². The van der Waals surface area contributed by atoms with Crippen molar-refractivity contribution >= 4 is 15.8 Å². The predicted molar refractivity (Wildman–Crippen MR) is 84.3 cm³/mol. The standard InChI is InChI=1S/C16H25NO3S/c1-5-9-17(10-6-2)21(19,20)12-16-8-7-13(11-14(16)18)15(16,3)4/h5-6,13H,1-2,7-12H2,3-4H3/t13-,16-/m1/s1. The highest BCUT2D eigenvalue weighted by molar-refractivity contribution is 7.89. The lowest BCUT2D eigenvalue weighted by molar-refractivity contribution is -0.128. The maximum Gasteiger partial charge on any atom is 0.215 e. The van der Waals surface area contributed by atoms with Crippen LogP contribution < -0.4 is 0 Å². The van der Waals surface area contributed by atoms with Gasteiger partial charge in [-0.3, -0.25) is 4.79 Å². The Labute approximate surface area is 128 Å². The van der Waals surface area contributed by atoms with Crippen LogP contribution in [-0.4, -0.2) is 37.3 Å². The number of carbonyl (C=O) groups is 1. The van der Waals surface area contributed by atoms with Crippen LogP contribution in [0, 0.1) is 16.7 Å². The van der Waals surface area contributed by atoms with Crippen molar-refractivity contribution in [2.45, 2.75) is 33.1 Å². The molecule has 2 aliphatic rings. The van der Waals surface area contributed by atoms with Crippen LogP contribution in [0.4, 0.5) is 0 Å². The smallest absolute Gasteiger partial charge is 0.215 e. The van der Waals surface area contributed by atoms with E-state index >= 15 is 0 Å².